The van der Waals surface area contributed by atoms with E-state index in [4.69, 9.17) is 4.52 Å². The number of nitrogens with zero attached hydrogens (tertiary/aromatic N) is 3. The van der Waals surface area contributed by atoms with Crippen molar-refractivity contribution in [2.75, 3.05) is 18.0 Å². The molecule has 0 aromatic carbocycles. The molecule has 0 aliphatic carbocycles. The highest BCUT2D eigenvalue weighted by molar-refractivity contribution is 7.89. The fourth-order valence-electron chi connectivity index (χ4n) is 2.93. The molecule has 3 rings (SSSR count). The van der Waals surface area contributed by atoms with Gasteiger partial charge in [0, 0.05) is 30.9 Å². The summed E-state index contributed by atoms with van der Waals surface area (Å²) in [6, 6.07) is 1.90. The second kappa shape index (κ2) is 5.97. The Kier molecular flexibility index (Phi) is 4.15. The fourth-order valence-corrected chi connectivity index (χ4v) is 4.56. The Balaban J connectivity index is 1.64. The zero-order valence-electron chi connectivity index (χ0n) is 13.5. The van der Waals surface area contributed by atoms with Crippen LogP contribution in [-0.2, 0) is 10.0 Å². The molecule has 0 unspecified atom stereocenters. The third-order valence-electron chi connectivity index (χ3n) is 4.07. The molecule has 8 nitrogen and oxygen atoms in total. The Labute approximate surface area is 135 Å². The van der Waals surface area contributed by atoms with Crippen LogP contribution in [0.5, 0.6) is 0 Å². The van der Waals surface area contributed by atoms with Crippen LogP contribution in [0, 0.1) is 20.8 Å². The van der Waals surface area contributed by atoms with Gasteiger partial charge in [-0.15, -0.1) is 0 Å². The van der Waals surface area contributed by atoms with Crippen molar-refractivity contribution in [1.29, 1.82) is 0 Å². The summed E-state index contributed by atoms with van der Waals surface area (Å²) >= 11 is 0. The molecule has 2 aromatic heterocycles. The molecule has 1 aliphatic heterocycles. The standard InChI is InChI=1S/C14H21N5O3S/c1-9-8-13(16-15-9)19-6-4-12(5-7-19)18-23(20,21)14-10(2)17-22-11(14)3/h8,12,18H,4-7H2,1-3H3,(H,15,16). The highest BCUT2D eigenvalue weighted by atomic mass is 32.2. The number of anilines is 1. The molecule has 1 fully saturated rings. The first-order valence-corrected chi connectivity index (χ1v) is 9.07. The van der Waals surface area contributed by atoms with E-state index >= 15 is 0 Å². The molecule has 0 radical (unpaired) electrons. The number of hydrogen-bond donors (Lipinski definition) is 2. The molecule has 1 saturated heterocycles. The largest absolute Gasteiger partial charge is 0.360 e. The molecule has 0 amide bonds. The number of rotatable bonds is 4. The van der Waals surface area contributed by atoms with Gasteiger partial charge in [-0.2, -0.15) is 5.10 Å². The van der Waals surface area contributed by atoms with Crippen LogP contribution in [-0.4, -0.2) is 42.9 Å². The summed E-state index contributed by atoms with van der Waals surface area (Å²) in [5.74, 6) is 1.23. The van der Waals surface area contributed by atoms with Gasteiger partial charge in [-0.05, 0) is 33.6 Å². The van der Waals surface area contributed by atoms with Gasteiger partial charge < -0.3 is 9.42 Å². The Morgan fingerprint density at radius 3 is 2.52 bits per heavy atom. The van der Waals surface area contributed by atoms with Crippen molar-refractivity contribution >= 4 is 15.8 Å². The lowest BCUT2D eigenvalue weighted by Gasteiger charge is -2.32. The van der Waals surface area contributed by atoms with Gasteiger partial charge in [0.25, 0.3) is 0 Å². The molecule has 1 aliphatic rings. The van der Waals surface area contributed by atoms with Gasteiger partial charge in [0.1, 0.15) is 10.6 Å². The van der Waals surface area contributed by atoms with Gasteiger partial charge in [0.15, 0.2) is 11.6 Å². The monoisotopic (exact) mass is 339 g/mol. The van der Waals surface area contributed by atoms with E-state index < -0.39 is 10.0 Å². The lowest BCUT2D eigenvalue weighted by atomic mass is 10.1. The molecular formula is C14H21N5O3S. The number of piperidine rings is 1. The molecule has 23 heavy (non-hydrogen) atoms. The number of hydrogen-bond acceptors (Lipinski definition) is 6. The SMILES string of the molecule is Cc1cc(N2CCC(NS(=O)(=O)c3c(C)noc3C)CC2)n[nH]1. The normalized spacial score (nSPS) is 16.9. The van der Waals surface area contributed by atoms with Crippen LogP contribution in [0.2, 0.25) is 0 Å². The van der Waals surface area contributed by atoms with E-state index in [9.17, 15) is 8.42 Å². The van der Waals surface area contributed by atoms with Crippen LogP contribution in [0.1, 0.15) is 30.0 Å². The first-order valence-electron chi connectivity index (χ1n) is 7.59. The van der Waals surface area contributed by atoms with E-state index in [1.807, 2.05) is 13.0 Å². The van der Waals surface area contributed by atoms with Crippen molar-refractivity contribution in [2.45, 2.75) is 44.6 Å². The maximum Gasteiger partial charge on any atom is 0.246 e. The van der Waals surface area contributed by atoms with Gasteiger partial charge in [-0.3, -0.25) is 5.10 Å². The maximum atomic E-state index is 12.5. The third kappa shape index (κ3) is 3.25. The molecule has 0 spiro atoms. The Morgan fingerprint density at radius 1 is 1.30 bits per heavy atom. The van der Waals surface area contributed by atoms with Gasteiger partial charge in [0.05, 0.1) is 0 Å². The third-order valence-corrected chi connectivity index (χ3v) is 5.83. The van der Waals surface area contributed by atoms with Crippen molar-refractivity contribution < 1.29 is 12.9 Å². The predicted octanol–water partition coefficient (Wildman–Crippen LogP) is 1.27. The molecule has 0 atom stereocenters. The first kappa shape index (κ1) is 16.0. The minimum absolute atomic E-state index is 0.0926. The van der Waals surface area contributed by atoms with Crippen LogP contribution >= 0.6 is 0 Å². The van der Waals surface area contributed by atoms with E-state index in [0.29, 0.717) is 11.5 Å². The smallest absolute Gasteiger partial charge is 0.246 e. The van der Waals surface area contributed by atoms with Crippen molar-refractivity contribution in [2.24, 2.45) is 0 Å². The molecule has 9 heteroatoms. The van der Waals surface area contributed by atoms with Crippen molar-refractivity contribution in [3.63, 3.8) is 0 Å². The first-order chi connectivity index (χ1) is 10.9. The van der Waals surface area contributed by atoms with Crippen molar-refractivity contribution in [3.05, 3.63) is 23.2 Å². The topological polar surface area (TPSA) is 104 Å². The van der Waals surface area contributed by atoms with E-state index in [0.717, 1.165) is 37.4 Å². The maximum absolute atomic E-state index is 12.5. The van der Waals surface area contributed by atoms with E-state index in [1.54, 1.807) is 13.8 Å². The molecule has 3 heterocycles. The number of aromatic nitrogens is 3. The van der Waals surface area contributed by atoms with Crippen molar-refractivity contribution in [3.8, 4) is 0 Å². The van der Waals surface area contributed by atoms with Crippen molar-refractivity contribution in [1.82, 2.24) is 20.1 Å². The summed E-state index contributed by atoms with van der Waals surface area (Å²) in [6.45, 7) is 6.73. The Hall–Kier alpha value is -1.87. The van der Waals surface area contributed by atoms with Crippen LogP contribution in [0.15, 0.2) is 15.5 Å². The predicted molar refractivity (Wildman–Crippen MR) is 84.9 cm³/mol. The van der Waals surface area contributed by atoms with Crippen LogP contribution in [0.25, 0.3) is 0 Å². The highest BCUT2D eigenvalue weighted by Crippen LogP contribution is 2.22. The average molecular weight is 339 g/mol. The average Bonchev–Trinajstić information content (AvgIpc) is 3.06. The van der Waals surface area contributed by atoms with Gasteiger partial charge in [-0.25, -0.2) is 13.1 Å². The number of H-pyrrole nitrogens is 1. The van der Waals surface area contributed by atoms with Crippen LogP contribution in [0.4, 0.5) is 5.82 Å². The minimum Gasteiger partial charge on any atom is -0.360 e. The fraction of sp³-hybridized carbons (Fsp3) is 0.571. The Morgan fingerprint density at radius 2 is 2.00 bits per heavy atom. The zero-order valence-corrected chi connectivity index (χ0v) is 14.3. The molecule has 126 valence electrons. The lowest BCUT2D eigenvalue weighted by molar-refractivity contribution is 0.390. The Bertz CT molecular complexity index is 768. The summed E-state index contributed by atoms with van der Waals surface area (Å²) in [4.78, 5) is 2.31. The molecular weight excluding hydrogens is 318 g/mol. The number of aromatic amines is 1. The molecule has 0 saturated carbocycles. The highest BCUT2D eigenvalue weighted by Gasteiger charge is 2.29. The van der Waals surface area contributed by atoms with Crippen LogP contribution < -0.4 is 9.62 Å². The summed E-state index contributed by atoms with van der Waals surface area (Å²) in [5.41, 5.74) is 1.40. The minimum atomic E-state index is -3.60. The summed E-state index contributed by atoms with van der Waals surface area (Å²) < 4.78 is 32.8. The second-order valence-electron chi connectivity index (χ2n) is 5.95. The quantitative estimate of drug-likeness (QED) is 0.869. The summed E-state index contributed by atoms with van der Waals surface area (Å²) in [6.07, 6.45) is 1.46. The summed E-state index contributed by atoms with van der Waals surface area (Å²) in [5, 5.41) is 10.9. The number of nitrogens with one attached hydrogen (secondary N) is 2. The van der Waals surface area contributed by atoms with Gasteiger partial charge >= 0.3 is 0 Å². The van der Waals surface area contributed by atoms with Crippen LogP contribution in [0.3, 0.4) is 0 Å². The summed E-state index contributed by atoms with van der Waals surface area (Å²) in [7, 11) is -3.60. The number of aryl methyl sites for hydroxylation is 3. The van der Waals surface area contributed by atoms with E-state index in [1.165, 1.54) is 0 Å². The molecule has 2 N–H and O–H groups in total. The lowest BCUT2D eigenvalue weighted by Crippen LogP contribution is -2.44. The molecule has 2 aromatic rings. The second-order valence-corrected chi connectivity index (χ2v) is 7.60. The van der Waals surface area contributed by atoms with Gasteiger partial charge in [0.2, 0.25) is 10.0 Å². The zero-order chi connectivity index (χ0) is 16.6. The number of sulfonamides is 1. The molecule has 0 bridgehead atoms. The van der Waals surface area contributed by atoms with E-state index in [-0.39, 0.29) is 10.9 Å². The van der Waals surface area contributed by atoms with E-state index in [2.05, 4.69) is 25.0 Å². The van der Waals surface area contributed by atoms with Gasteiger partial charge in [-0.1, -0.05) is 5.16 Å².